The number of aromatic nitrogens is 1. The highest BCUT2D eigenvalue weighted by molar-refractivity contribution is 6.31. The van der Waals surface area contributed by atoms with Crippen LogP contribution in [0.5, 0.6) is 5.75 Å². The summed E-state index contributed by atoms with van der Waals surface area (Å²) < 4.78 is 13.2. The Morgan fingerprint density at radius 2 is 2.19 bits per heavy atom. The van der Waals surface area contributed by atoms with Crippen molar-refractivity contribution < 1.29 is 19.5 Å². The van der Waals surface area contributed by atoms with Crippen molar-refractivity contribution in [2.24, 2.45) is 11.1 Å². The number of hydrogen-bond acceptors (Lipinski definition) is 5. The number of aryl methyl sites for hydroxylation is 1. The van der Waals surface area contributed by atoms with Crippen LogP contribution in [0.25, 0.3) is 11.3 Å². The lowest BCUT2D eigenvalue weighted by Gasteiger charge is -2.25. The summed E-state index contributed by atoms with van der Waals surface area (Å²) in [6, 6.07) is 5.39. The van der Waals surface area contributed by atoms with E-state index in [-0.39, 0.29) is 29.5 Å². The molecule has 1 aromatic heterocycles. The van der Waals surface area contributed by atoms with Crippen LogP contribution in [0.15, 0.2) is 29.6 Å². The minimum Gasteiger partial charge on any atom is -0.491 e. The lowest BCUT2D eigenvalue weighted by atomic mass is 10.0. The third-order valence-corrected chi connectivity index (χ3v) is 5.18. The van der Waals surface area contributed by atoms with Crippen LogP contribution in [0.2, 0.25) is 5.02 Å². The van der Waals surface area contributed by atoms with Crippen molar-refractivity contribution in [2.45, 2.75) is 33.7 Å². The van der Waals surface area contributed by atoms with E-state index in [1.54, 1.807) is 19.2 Å². The molecule has 0 bridgehead atoms. The maximum Gasteiger partial charge on any atom is 0.341 e. The van der Waals surface area contributed by atoms with Crippen molar-refractivity contribution in [1.29, 1.82) is 0 Å². The highest BCUT2D eigenvalue weighted by Gasteiger charge is 2.27. The van der Waals surface area contributed by atoms with Crippen LogP contribution < -0.4 is 10.1 Å². The summed E-state index contributed by atoms with van der Waals surface area (Å²) in [6.07, 6.45) is 1.68. The van der Waals surface area contributed by atoms with Gasteiger partial charge in [0.05, 0.1) is 18.3 Å². The lowest BCUT2D eigenvalue weighted by Crippen LogP contribution is -2.27. The predicted molar refractivity (Wildman–Crippen MR) is 102 cm³/mol. The molecule has 1 aliphatic heterocycles. The molecule has 27 heavy (non-hydrogen) atoms. The quantitative estimate of drug-likeness (QED) is 0.485. The minimum atomic E-state index is -0.532. The van der Waals surface area contributed by atoms with Gasteiger partial charge in [-0.25, -0.2) is 4.79 Å². The number of carbonyl (C=O) groups is 1. The van der Waals surface area contributed by atoms with E-state index in [0.717, 1.165) is 16.8 Å². The molecule has 1 aromatic carbocycles. The number of nitrogens with zero attached hydrogens (tertiary/aromatic N) is 2. The molecule has 0 spiro atoms. The van der Waals surface area contributed by atoms with Crippen molar-refractivity contribution in [3.8, 4) is 17.0 Å². The molecular formula is C20H23ClN2O4. The second-order valence-corrected chi connectivity index (χ2v) is 7.31. The van der Waals surface area contributed by atoms with Gasteiger partial charge >= 0.3 is 5.97 Å². The maximum atomic E-state index is 12.4. The zero-order valence-electron chi connectivity index (χ0n) is 15.8. The number of rotatable bonds is 3. The molecule has 2 heterocycles. The summed E-state index contributed by atoms with van der Waals surface area (Å²) in [7, 11) is 0. The monoisotopic (exact) mass is 390 g/mol. The molecule has 0 amide bonds. The van der Waals surface area contributed by atoms with Gasteiger partial charge < -0.3 is 19.2 Å². The minimum absolute atomic E-state index is 0.0209. The third-order valence-electron chi connectivity index (χ3n) is 4.77. The first-order chi connectivity index (χ1) is 12.9. The summed E-state index contributed by atoms with van der Waals surface area (Å²) in [5.74, 6) is 0.420. The number of ether oxygens (including phenoxy) is 2. The van der Waals surface area contributed by atoms with E-state index < -0.39 is 5.97 Å². The third kappa shape index (κ3) is 3.54. The second-order valence-electron chi connectivity index (χ2n) is 6.91. The smallest absolute Gasteiger partial charge is 0.341 e. The fraction of sp³-hybridized carbons (Fsp3) is 0.400. The SMILES string of the molecule is CCOC(=O)c1cn2c(cc1=NO)-c1cc(Cl)c(C)cc1OCC2C(C)C. The Kier molecular flexibility index (Phi) is 5.46. The molecule has 0 fully saturated rings. The molecule has 1 N–H and O–H groups in total. The highest BCUT2D eigenvalue weighted by Crippen LogP contribution is 2.39. The van der Waals surface area contributed by atoms with Gasteiger partial charge in [0.15, 0.2) is 0 Å². The largest absolute Gasteiger partial charge is 0.491 e. The van der Waals surface area contributed by atoms with Gasteiger partial charge in [0.25, 0.3) is 0 Å². The van der Waals surface area contributed by atoms with Gasteiger partial charge in [-0.05, 0) is 43.5 Å². The van der Waals surface area contributed by atoms with Gasteiger partial charge in [0, 0.05) is 16.8 Å². The van der Waals surface area contributed by atoms with Gasteiger partial charge in [-0.15, -0.1) is 0 Å². The molecule has 3 rings (SSSR count). The predicted octanol–water partition coefficient (Wildman–Crippen LogP) is 4.17. The summed E-state index contributed by atoms with van der Waals surface area (Å²) in [5.41, 5.74) is 2.67. The summed E-state index contributed by atoms with van der Waals surface area (Å²) in [5, 5.41) is 13.5. The molecule has 144 valence electrons. The van der Waals surface area contributed by atoms with Gasteiger partial charge in [-0.3, -0.25) is 0 Å². The number of esters is 1. The number of hydrogen-bond donors (Lipinski definition) is 1. The summed E-state index contributed by atoms with van der Waals surface area (Å²) >= 11 is 6.35. The number of fused-ring (bicyclic) bond motifs is 3. The molecule has 0 saturated carbocycles. The zero-order valence-corrected chi connectivity index (χ0v) is 16.6. The molecular weight excluding hydrogens is 368 g/mol. The average molecular weight is 391 g/mol. The molecule has 7 heteroatoms. The van der Waals surface area contributed by atoms with Crippen LogP contribution in [0.1, 0.15) is 42.7 Å². The van der Waals surface area contributed by atoms with Crippen molar-refractivity contribution in [3.63, 3.8) is 0 Å². The van der Waals surface area contributed by atoms with Gasteiger partial charge in [-0.1, -0.05) is 30.6 Å². The molecule has 2 aromatic rings. The van der Waals surface area contributed by atoms with E-state index in [2.05, 4.69) is 19.0 Å². The van der Waals surface area contributed by atoms with E-state index in [1.165, 1.54) is 0 Å². The van der Waals surface area contributed by atoms with Crippen LogP contribution in [-0.4, -0.2) is 29.0 Å². The fourth-order valence-corrected chi connectivity index (χ4v) is 3.40. The Morgan fingerprint density at radius 3 is 2.81 bits per heavy atom. The van der Waals surface area contributed by atoms with Crippen molar-refractivity contribution in [2.75, 3.05) is 13.2 Å². The standard InChI is InChI=1S/C20H23ClN2O4/c1-5-26-20(24)14-9-23-17(8-16(14)22-25)13-7-15(21)12(4)6-19(13)27-10-18(23)11(2)3/h6-9,11,18,25H,5,10H2,1-4H3. The Hall–Kier alpha value is -2.47. The maximum absolute atomic E-state index is 12.4. The molecule has 0 saturated heterocycles. The van der Waals surface area contributed by atoms with E-state index >= 15 is 0 Å². The Balaban J connectivity index is 2.32. The number of halogens is 1. The molecule has 1 unspecified atom stereocenters. The van der Waals surface area contributed by atoms with Gasteiger partial charge in [0.1, 0.15) is 23.3 Å². The van der Waals surface area contributed by atoms with E-state index in [4.69, 9.17) is 21.1 Å². The topological polar surface area (TPSA) is 73.1 Å². The Labute approximate surface area is 163 Å². The Bertz CT molecular complexity index is 950. The molecule has 0 aliphatic carbocycles. The van der Waals surface area contributed by atoms with Crippen LogP contribution in [0, 0.1) is 12.8 Å². The van der Waals surface area contributed by atoms with Crippen LogP contribution >= 0.6 is 11.6 Å². The highest BCUT2D eigenvalue weighted by atomic mass is 35.5. The first kappa shape index (κ1) is 19.3. The lowest BCUT2D eigenvalue weighted by molar-refractivity contribution is 0.0521. The summed E-state index contributed by atoms with van der Waals surface area (Å²) in [4.78, 5) is 12.4. The number of carbonyl (C=O) groups excluding carboxylic acids is 1. The summed E-state index contributed by atoms with van der Waals surface area (Å²) in [6.45, 7) is 8.51. The Morgan fingerprint density at radius 1 is 1.44 bits per heavy atom. The normalized spacial score (nSPS) is 16.4. The van der Waals surface area contributed by atoms with Crippen molar-refractivity contribution in [3.05, 3.63) is 45.9 Å². The van der Waals surface area contributed by atoms with Crippen molar-refractivity contribution >= 4 is 17.6 Å². The second kappa shape index (κ2) is 7.64. The average Bonchev–Trinajstić information content (AvgIpc) is 2.78. The van der Waals surface area contributed by atoms with Crippen LogP contribution in [0.4, 0.5) is 0 Å². The van der Waals surface area contributed by atoms with Gasteiger partial charge in [-0.2, -0.15) is 0 Å². The van der Waals surface area contributed by atoms with E-state index in [1.807, 2.05) is 23.6 Å². The van der Waals surface area contributed by atoms with E-state index in [0.29, 0.717) is 17.4 Å². The first-order valence-electron chi connectivity index (χ1n) is 8.92. The molecule has 6 nitrogen and oxygen atoms in total. The molecule has 0 radical (unpaired) electrons. The van der Waals surface area contributed by atoms with Crippen LogP contribution in [0.3, 0.4) is 0 Å². The van der Waals surface area contributed by atoms with Crippen LogP contribution in [-0.2, 0) is 4.74 Å². The number of pyridine rings is 1. The zero-order chi connectivity index (χ0) is 19.7. The van der Waals surface area contributed by atoms with Crippen molar-refractivity contribution in [1.82, 2.24) is 4.57 Å². The number of benzene rings is 1. The first-order valence-corrected chi connectivity index (χ1v) is 9.29. The van der Waals surface area contributed by atoms with E-state index in [9.17, 15) is 10.0 Å². The molecule has 1 atom stereocenters. The fourth-order valence-electron chi connectivity index (χ4n) is 3.24. The molecule has 1 aliphatic rings. The van der Waals surface area contributed by atoms with Gasteiger partial charge in [0.2, 0.25) is 0 Å².